The largest absolute Gasteiger partial charge is 0.454 e. The van der Waals surface area contributed by atoms with Gasteiger partial charge in [-0.05, 0) is 60.6 Å². The number of aryl methyl sites for hydroxylation is 1. The Morgan fingerprint density at radius 1 is 1.32 bits per heavy atom. The lowest BCUT2D eigenvalue weighted by Gasteiger charge is -2.10. The molecule has 4 rings (SSSR count). The fraction of sp³-hybridized carbons (Fsp3) is 0.316. The van der Waals surface area contributed by atoms with Crippen molar-refractivity contribution in [3.05, 3.63) is 28.0 Å². The molecule has 0 aliphatic carbocycles. The smallest absolute Gasteiger partial charge is 0.231 e. The average molecular weight is 510 g/mol. The predicted molar refractivity (Wildman–Crippen MR) is 116 cm³/mol. The summed E-state index contributed by atoms with van der Waals surface area (Å²) < 4.78 is 14.2. The van der Waals surface area contributed by atoms with Crippen molar-refractivity contribution in [3.63, 3.8) is 0 Å². The maximum Gasteiger partial charge on any atom is 0.231 e. The van der Waals surface area contributed by atoms with Gasteiger partial charge in [-0.1, -0.05) is 11.8 Å². The van der Waals surface area contributed by atoms with E-state index in [1.807, 2.05) is 18.2 Å². The number of imidazole rings is 1. The Balaban J connectivity index is 1.67. The van der Waals surface area contributed by atoms with Crippen LogP contribution in [-0.4, -0.2) is 27.1 Å². The summed E-state index contributed by atoms with van der Waals surface area (Å²) in [4.78, 5) is 21.2. The number of hydrogen-bond acceptors (Lipinski definition) is 7. The van der Waals surface area contributed by atoms with Gasteiger partial charge in [-0.15, -0.1) is 0 Å². The molecule has 0 spiro atoms. The van der Waals surface area contributed by atoms with E-state index in [1.165, 1.54) is 0 Å². The van der Waals surface area contributed by atoms with Crippen LogP contribution in [0.3, 0.4) is 0 Å². The van der Waals surface area contributed by atoms with Crippen LogP contribution in [0, 0.1) is 3.57 Å². The average Bonchev–Trinajstić information content (AvgIpc) is 3.24. The van der Waals surface area contributed by atoms with Crippen molar-refractivity contribution >= 4 is 57.0 Å². The van der Waals surface area contributed by atoms with Crippen molar-refractivity contribution in [3.8, 4) is 11.5 Å². The summed E-state index contributed by atoms with van der Waals surface area (Å²) in [5, 5.41) is 0.842. The number of nitrogen functional groups attached to an aromatic ring is 1. The van der Waals surface area contributed by atoms with Gasteiger partial charge in [-0.25, -0.2) is 9.97 Å². The Morgan fingerprint density at radius 3 is 2.89 bits per heavy atom. The first kappa shape index (κ1) is 19.3. The second-order valence-corrected chi connectivity index (χ2v) is 8.68. The van der Waals surface area contributed by atoms with E-state index in [0.717, 1.165) is 50.0 Å². The molecule has 0 amide bonds. The summed E-state index contributed by atoms with van der Waals surface area (Å²) in [6, 6.07) is 5.88. The lowest BCUT2D eigenvalue weighted by molar-refractivity contribution is -0.117. The number of halogens is 1. The summed E-state index contributed by atoms with van der Waals surface area (Å²) in [7, 11) is 0. The third-order valence-electron chi connectivity index (χ3n) is 4.45. The molecule has 2 aromatic heterocycles. The highest BCUT2D eigenvalue weighted by Crippen LogP contribution is 2.41. The Kier molecular flexibility index (Phi) is 5.63. The van der Waals surface area contributed by atoms with Crippen LogP contribution in [0.5, 0.6) is 11.5 Å². The van der Waals surface area contributed by atoms with Crippen molar-refractivity contribution < 1.29 is 14.3 Å². The zero-order valence-corrected chi connectivity index (χ0v) is 18.2. The standard InChI is InChI=1S/C19H19IN4O3S/c1-11(25)4-2-3-7-24-13-5-6-22-18(21)17(13)23-19(24)28-16-9-15-14(8-12(16)20)26-10-27-15/h5-6,8-9H,2-4,7,10H2,1H3,(H2,21,22). The molecule has 7 nitrogen and oxygen atoms in total. The van der Waals surface area contributed by atoms with E-state index < -0.39 is 0 Å². The quantitative estimate of drug-likeness (QED) is 0.375. The number of anilines is 1. The minimum absolute atomic E-state index is 0.216. The Bertz CT molecular complexity index is 1050. The monoisotopic (exact) mass is 510 g/mol. The van der Waals surface area contributed by atoms with Crippen molar-refractivity contribution in [1.29, 1.82) is 0 Å². The Hall–Kier alpha value is -2.01. The zero-order chi connectivity index (χ0) is 19.7. The highest BCUT2D eigenvalue weighted by molar-refractivity contribution is 14.1. The van der Waals surface area contributed by atoms with Crippen LogP contribution in [0.4, 0.5) is 5.82 Å². The van der Waals surface area contributed by atoms with Crippen LogP contribution in [-0.2, 0) is 11.3 Å². The van der Waals surface area contributed by atoms with Gasteiger partial charge in [0.25, 0.3) is 0 Å². The van der Waals surface area contributed by atoms with E-state index in [0.29, 0.717) is 17.8 Å². The van der Waals surface area contributed by atoms with E-state index in [-0.39, 0.29) is 12.6 Å². The molecule has 1 aliphatic heterocycles. The Morgan fingerprint density at radius 2 is 2.11 bits per heavy atom. The number of nitrogens with zero attached hydrogens (tertiary/aromatic N) is 3. The second kappa shape index (κ2) is 8.16. The van der Waals surface area contributed by atoms with Crippen molar-refractivity contribution in [2.45, 2.75) is 42.8 Å². The van der Waals surface area contributed by atoms with E-state index in [2.05, 4.69) is 32.1 Å². The van der Waals surface area contributed by atoms with Crippen LogP contribution in [0.2, 0.25) is 0 Å². The van der Waals surface area contributed by atoms with Gasteiger partial charge in [0.1, 0.15) is 11.3 Å². The molecule has 2 N–H and O–H groups in total. The fourth-order valence-electron chi connectivity index (χ4n) is 3.06. The van der Waals surface area contributed by atoms with Crippen molar-refractivity contribution in [2.24, 2.45) is 0 Å². The molecule has 0 saturated heterocycles. The van der Waals surface area contributed by atoms with Gasteiger partial charge in [0.15, 0.2) is 22.5 Å². The summed E-state index contributed by atoms with van der Waals surface area (Å²) in [6.45, 7) is 2.63. The molecule has 0 fully saturated rings. The number of hydrogen-bond donors (Lipinski definition) is 1. The van der Waals surface area contributed by atoms with Crippen LogP contribution in [0.15, 0.2) is 34.4 Å². The third kappa shape index (κ3) is 3.90. The molecule has 9 heteroatoms. The zero-order valence-electron chi connectivity index (χ0n) is 15.3. The molecule has 1 aliphatic rings. The predicted octanol–water partition coefficient (Wildman–Crippen LogP) is 4.26. The first-order chi connectivity index (χ1) is 13.5. The minimum atomic E-state index is 0.216. The normalized spacial score (nSPS) is 12.6. The van der Waals surface area contributed by atoms with Gasteiger partial charge >= 0.3 is 0 Å². The highest BCUT2D eigenvalue weighted by Gasteiger charge is 2.20. The van der Waals surface area contributed by atoms with Gasteiger partial charge in [0, 0.05) is 27.6 Å². The molecule has 146 valence electrons. The summed E-state index contributed by atoms with van der Waals surface area (Å²) in [5.74, 6) is 2.14. The van der Waals surface area contributed by atoms with Crippen LogP contribution < -0.4 is 15.2 Å². The second-order valence-electron chi connectivity index (χ2n) is 6.51. The minimum Gasteiger partial charge on any atom is -0.454 e. The molecule has 3 aromatic rings. The number of Topliss-reactive ketones (excluding diaryl/α,β-unsaturated/α-hetero) is 1. The lowest BCUT2D eigenvalue weighted by Crippen LogP contribution is -2.01. The molecule has 0 unspecified atom stereocenters. The number of nitrogens with two attached hydrogens (primary N) is 1. The van der Waals surface area contributed by atoms with E-state index in [4.69, 9.17) is 20.2 Å². The van der Waals surface area contributed by atoms with Crippen LogP contribution >= 0.6 is 34.4 Å². The lowest BCUT2D eigenvalue weighted by atomic mass is 10.2. The SMILES string of the molecule is CC(=O)CCCCn1c(Sc2cc3c(cc2I)OCO3)nc2c(N)nccc21. The number of carbonyl (C=O) groups excluding carboxylic acids is 1. The Labute approximate surface area is 180 Å². The number of fused-ring (bicyclic) bond motifs is 2. The number of rotatable bonds is 7. The number of pyridine rings is 1. The summed E-state index contributed by atoms with van der Waals surface area (Å²) in [5.41, 5.74) is 7.70. The third-order valence-corrected chi connectivity index (χ3v) is 6.76. The van der Waals surface area contributed by atoms with Gasteiger partial charge < -0.3 is 24.6 Å². The molecule has 0 saturated carbocycles. The van der Waals surface area contributed by atoms with Crippen LogP contribution in [0.1, 0.15) is 26.2 Å². The van der Waals surface area contributed by atoms with Gasteiger partial charge in [-0.2, -0.15) is 0 Å². The van der Waals surface area contributed by atoms with Crippen LogP contribution in [0.25, 0.3) is 11.0 Å². The molecular formula is C19H19IN4O3S. The molecule has 0 radical (unpaired) electrons. The van der Waals surface area contributed by atoms with Gasteiger partial charge in [-0.3, -0.25) is 0 Å². The van der Waals surface area contributed by atoms with E-state index in [1.54, 1.807) is 24.9 Å². The topological polar surface area (TPSA) is 92.3 Å². The molecule has 28 heavy (non-hydrogen) atoms. The molecule has 0 atom stereocenters. The maximum atomic E-state index is 11.2. The van der Waals surface area contributed by atoms with E-state index >= 15 is 0 Å². The van der Waals surface area contributed by atoms with Crippen molar-refractivity contribution in [2.75, 3.05) is 12.5 Å². The van der Waals surface area contributed by atoms with E-state index in [9.17, 15) is 4.79 Å². The van der Waals surface area contributed by atoms with Gasteiger partial charge in [0.05, 0.1) is 5.52 Å². The number of aromatic nitrogens is 3. The maximum absolute atomic E-state index is 11.2. The highest BCUT2D eigenvalue weighted by atomic mass is 127. The first-order valence-electron chi connectivity index (χ1n) is 8.90. The number of unbranched alkanes of at least 4 members (excludes halogenated alkanes) is 1. The molecule has 1 aromatic carbocycles. The van der Waals surface area contributed by atoms with Gasteiger partial charge in [0.2, 0.25) is 6.79 Å². The fourth-order valence-corrected chi connectivity index (χ4v) is 4.79. The summed E-state index contributed by atoms with van der Waals surface area (Å²) in [6.07, 6.45) is 4.03. The number of carbonyl (C=O) groups is 1. The van der Waals surface area contributed by atoms with Crippen molar-refractivity contribution in [1.82, 2.24) is 14.5 Å². The number of ketones is 1. The molecule has 3 heterocycles. The number of benzene rings is 1. The summed E-state index contributed by atoms with van der Waals surface area (Å²) >= 11 is 3.86. The first-order valence-corrected chi connectivity index (χ1v) is 10.8. The molecule has 0 bridgehead atoms. The number of ether oxygens (including phenoxy) is 2. The molecular weight excluding hydrogens is 491 g/mol.